The summed E-state index contributed by atoms with van der Waals surface area (Å²) in [6.45, 7) is 5.95. The average Bonchev–Trinajstić information content (AvgIpc) is 2.97. The van der Waals surface area contributed by atoms with Crippen molar-refractivity contribution in [1.29, 1.82) is 0 Å². The van der Waals surface area contributed by atoms with E-state index in [1.807, 2.05) is 38.3 Å². The minimum Gasteiger partial charge on any atom is -0.354 e. The van der Waals surface area contributed by atoms with Gasteiger partial charge >= 0.3 is 0 Å². The minimum absolute atomic E-state index is 0.0733. The van der Waals surface area contributed by atoms with E-state index in [0.717, 1.165) is 22.8 Å². The van der Waals surface area contributed by atoms with E-state index < -0.39 is 0 Å². The maximum Gasteiger partial charge on any atom is 0.268 e. The number of aryl methyl sites for hydroxylation is 2. The quantitative estimate of drug-likeness (QED) is 0.891. The summed E-state index contributed by atoms with van der Waals surface area (Å²) >= 11 is 1.59. The van der Waals surface area contributed by atoms with E-state index in [1.165, 1.54) is 0 Å². The normalized spacial score (nSPS) is 12.4. The second kappa shape index (κ2) is 5.35. The van der Waals surface area contributed by atoms with Gasteiger partial charge in [0.05, 0.1) is 16.7 Å². The third-order valence-corrected chi connectivity index (χ3v) is 3.59. The Morgan fingerprint density at radius 2 is 2.33 bits per heavy atom. The van der Waals surface area contributed by atoms with Crippen LogP contribution in [0.25, 0.3) is 0 Å². The Bertz CT molecular complexity index is 544. The highest BCUT2D eigenvalue weighted by Gasteiger charge is 2.14. The number of carbonyl (C=O) groups excluding carboxylic acids is 1. The van der Waals surface area contributed by atoms with E-state index in [4.69, 9.17) is 0 Å². The van der Waals surface area contributed by atoms with Crippen LogP contribution in [0.2, 0.25) is 0 Å². The molecule has 2 aromatic rings. The molecule has 0 aromatic carbocycles. The van der Waals surface area contributed by atoms with E-state index in [-0.39, 0.29) is 11.9 Å². The summed E-state index contributed by atoms with van der Waals surface area (Å²) in [5.74, 6) is -0.0900. The number of rotatable bonds is 4. The van der Waals surface area contributed by atoms with Crippen LogP contribution in [-0.2, 0) is 6.42 Å². The summed E-state index contributed by atoms with van der Waals surface area (Å²) < 4.78 is 0. The van der Waals surface area contributed by atoms with Crippen LogP contribution in [0.1, 0.15) is 46.8 Å². The highest BCUT2D eigenvalue weighted by Crippen LogP contribution is 2.16. The van der Waals surface area contributed by atoms with Gasteiger partial charge in [0.15, 0.2) is 0 Å². The molecule has 96 valence electrons. The number of hydrogen-bond acceptors (Lipinski definition) is 3. The fraction of sp³-hybridized carbons (Fsp3) is 0.385. The van der Waals surface area contributed by atoms with Gasteiger partial charge in [-0.2, -0.15) is 0 Å². The van der Waals surface area contributed by atoms with Gasteiger partial charge in [-0.05, 0) is 32.4 Å². The number of amides is 1. The van der Waals surface area contributed by atoms with Gasteiger partial charge in [0, 0.05) is 11.1 Å². The van der Waals surface area contributed by atoms with Gasteiger partial charge in [0.1, 0.15) is 5.69 Å². The lowest BCUT2D eigenvalue weighted by molar-refractivity contribution is 0.0934. The summed E-state index contributed by atoms with van der Waals surface area (Å²) in [7, 11) is 0. The van der Waals surface area contributed by atoms with Crippen molar-refractivity contribution in [3.63, 3.8) is 0 Å². The molecule has 0 saturated carbocycles. The second-order valence-corrected chi connectivity index (χ2v) is 5.30. The fourth-order valence-corrected chi connectivity index (χ4v) is 2.41. The number of aromatic amines is 1. The number of H-pyrrole nitrogens is 1. The molecule has 0 aliphatic rings. The molecule has 0 unspecified atom stereocenters. The standard InChI is InChI=1S/C13H17N3OS/c1-4-10-5-6-11(16-10)13(17)14-8(2)12-7-18-9(3)15-12/h5-8,16H,4H2,1-3H3,(H,14,17)/t8-/m0/s1. The number of thiazole rings is 1. The van der Waals surface area contributed by atoms with Crippen LogP contribution in [0.3, 0.4) is 0 Å². The molecule has 0 bridgehead atoms. The van der Waals surface area contributed by atoms with Gasteiger partial charge < -0.3 is 10.3 Å². The van der Waals surface area contributed by atoms with E-state index in [9.17, 15) is 4.79 Å². The molecule has 0 radical (unpaired) electrons. The van der Waals surface area contributed by atoms with Gasteiger partial charge in [-0.25, -0.2) is 4.98 Å². The van der Waals surface area contributed by atoms with Crippen LogP contribution in [0.15, 0.2) is 17.5 Å². The van der Waals surface area contributed by atoms with Crippen LogP contribution in [0.4, 0.5) is 0 Å². The van der Waals surface area contributed by atoms with E-state index in [0.29, 0.717) is 5.69 Å². The van der Waals surface area contributed by atoms with E-state index in [1.54, 1.807) is 11.3 Å². The number of carbonyl (C=O) groups is 1. The van der Waals surface area contributed by atoms with Crippen LogP contribution < -0.4 is 5.32 Å². The number of nitrogens with zero attached hydrogens (tertiary/aromatic N) is 1. The van der Waals surface area contributed by atoms with Crippen LogP contribution in [-0.4, -0.2) is 15.9 Å². The predicted octanol–water partition coefficient (Wildman–Crippen LogP) is 2.83. The Labute approximate surface area is 110 Å². The summed E-state index contributed by atoms with van der Waals surface area (Å²) in [4.78, 5) is 19.5. The molecule has 0 fully saturated rings. The molecule has 18 heavy (non-hydrogen) atoms. The van der Waals surface area contributed by atoms with Crippen molar-refractivity contribution in [2.24, 2.45) is 0 Å². The number of hydrogen-bond donors (Lipinski definition) is 2. The highest BCUT2D eigenvalue weighted by molar-refractivity contribution is 7.09. The molecule has 2 heterocycles. The largest absolute Gasteiger partial charge is 0.354 e. The van der Waals surface area contributed by atoms with Crippen molar-refractivity contribution < 1.29 is 4.79 Å². The molecule has 5 heteroatoms. The first-order chi connectivity index (χ1) is 8.60. The lowest BCUT2D eigenvalue weighted by Gasteiger charge is -2.10. The van der Waals surface area contributed by atoms with Gasteiger partial charge in [-0.3, -0.25) is 4.79 Å². The summed E-state index contributed by atoms with van der Waals surface area (Å²) in [6.07, 6.45) is 0.897. The molecule has 1 atom stereocenters. The minimum atomic E-state index is -0.0900. The highest BCUT2D eigenvalue weighted by atomic mass is 32.1. The first-order valence-corrected chi connectivity index (χ1v) is 6.89. The summed E-state index contributed by atoms with van der Waals surface area (Å²) in [6, 6.07) is 3.68. The average molecular weight is 263 g/mol. The van der Waals surface area contributed by atoms with E-state index >= 15 is 0 Å². The van der Waals surface area contributed by atoms with Crippen molar-refractivity contribution in [2.75, 3.05) is 0 Å². The maximum absolute atomic E-state index is 12.0. The Hall–Kier alpha value is -1.62. The van der Waals surface area contributed by atoms with Crippen molar-refractivity contribution in [3.8, 4) is 0 Å². The molecule has 2 aromatic heterocycles. The van der Waals surface area contributed by atoms with Crippen LogP contribution in [0.5, 0.6) is 0 Å². The third kappa shape index (κ3) is 2.79. The van der Waals surface area contributed by atoms with Gasteiger partial charge in [-0.15, -0.1) is 11.3 Å². The molecule has 2 N–H and O–H groups in total. The lowest BCUT2D eigenvalue weighted by atomic mass is 10.2. The summed E-state index contributed by atoms with van der Waals surface area (Å²) in [5, 5.41) is 5.93. The molecular formula is C13H17N3OS. The SMILES string of the molecule is CCc1ccc(C(=O)N[C@@H](C)c2csc(C)n2)[nH]1. The first kappa shape index (κ1) is 12.8. The zero-order valence-electron chi connectivity index (χ0n) is 10.8. The van der Waals surface area contributed by atoms with Crippen molar-refractivity contribution >= 4 is 17.2 Å². The smallest absolute Gasteiger partial charge is 0.268 e. The van der Waals surface area contributed by atoms with Crippen molar-refractivity contribution in [1.82, 2.24) is 15.3 Å². The molecule has 0 spiro atoms. The Kier molecular flexibility index (Phi) is 3.81. The number of nitrogens with one attached hydrogen (secondary N) is 2. The molecule has 0 aliphatic heterocycles. The topological polar surface area (TPSA) is 57.8 Å². The Morgan fingerprint density at radius 1 is 1.56 bits per heavy atom. The monoisotopic (exact) mass is 263 g/mol. The van der Waals surface area contributed by atoms with Gasteiger partial charge in [0.2, 0.25) is 0 Å². The van der Waals surface area contributed by atoms with Crippen molar-refractivity contribution in [2.45, 2.75) is 33.2 Å². The zero-order chi connectivity index (χ0) is 13.1. The lowest BCUT2D eigenvalue weighted by Crippen LogP contribution is -2.27. The van der Waals surface area contributed by atoms with E-state index in [2.05, 4.69) is 15.3 Å². The maximum atomic E-state index is 12.0. The molecule has 0 saturated heterocycles. The van der Waals surface area contributed by atoms with Crippen molar-refractivity contribution in [3.05, 3.63) is 39.6 Å². The molecule has 2 rings (SSSR count). The first-order valence-electron chi connectivity index (χ1n) is 6.01. The predicted molar refractivity (Wildman–Crippen MR) is 72.9 cm³/mol. The molecule has 0 aliphatic carbocycles. The van der Waals surface area contributed by atoms with Crippen LogP contribution >= 0.6 is 11.3 Å². The zero-order valence-corrected chi connectivity index (χ0v) is 11.6. The number of aromatic nitrogens is 2. The van der Waals surface area contributed by atoms with Gasteiger partial charge in [-0.1, -0.05) is 6.92 Å². The summed E-state index contributed by atoms with van der Waals surface area (Å²) in [5.41, 5.74) is 2.58. The molecule has 1 amide bonds. The fourth-order valence-electron chi connectivity index (χ4n) is 1.71. The second-order valence-electron chi connectivity index (χ2n) is 4.24. The molecular weight excluding hydrogens is 246 g/mol. The third-order valence-electron chi connectivity index (χ3n) is 2.80. The molecule has 4 nitrogen and oxygen atoms in total. The van der Waals surface area contributed by atoms with Crippen LogP contribution in [0, 0.1) is 6.92 Å². The Balaban J connectivity index is 2.02. The van der Waals surface area contributed by atoms with Gasteiger partial charge in [0.25, 0.3) is 5.91 Å². The Morgan fingerprint density at radius 3 is 2.89 bits per heavy atom.